The van der Waals surface area contributed by atoms with E-state index in [1.807, 2.05) is 13.1 Å². The summed E-state index contributed by atoms with van der Waals surface area (Å²) in [6, 6.07) is 0. The molecule has 0 aromatic carbocycles. The Morgan fingerprint density at radius 3 is 3.13 bits per heavy atom. The van der Waals surface area contributed by atoms with Crippen molar-refractivity contribution in [2.24, 2.45) is 0 Å². The maximum Gasteiger partial charge on any atom is 0.220 e. The predicted molar refractivity (Wildman–Crippen MR) is 58.6 cm³/mol. The number of hydrogen-bond donors (Lipinski definition) is 1. The minimum atomic E-state index is 0.376. The Kier molecular flexibility index (Phi) is 3.16. The summed E-state index contributed by atoms with van der Waals surface area (Å²) in [5, 5.41) is 0. The van der Waals surface area contributed by atoms with Gasteiger partial charge in [-0.1, -0.05) is 0 Å². The number of nitrogens with zero attached hydrogens (tertiary/aromatic N) is 2. The van der Waals surface area contributed by atoms with E-state index < -0.39 is 0 Å². The number of aromatic nitrogens is 2. The fourth-order valence-corrected chi connectivity index (χ4v) is 2.06. The molecule has 1 aliphatic rings. The zero-order chi connectivity index (χ0) is 10.7. The summed E-state index contributed by atoms with van der Waals surface area (Å²) in [6.45, 7) is 3.74. The molecule has 1 aliphatic heterocycles. The maximum atomic E-state index is 5.62. The van der Waals surface area contributed by atoms with Gasteiger partial charge in [0, 0.05) is 25.3 Å². The van der Waals surface area contributed by atoms with E-state index in [1.165, 1.54) is 0 Å². The van der Waals surface area contributed by atoms with Crippen molar-refractivity contribution < 1.29 is 4.74 Å². The van der Waals surface area contributed by atoms with Gasteiger partial charge < -0.3 is 10.5 Å². The SMILES string of the molecule is Cc1cnc(N)nc1[C@@H]1CCCOCC1. The Labute approximate surface area is 89.9 Å². The molecule has 0 saturated carbocycles. The van der Waals surface area contributed by atoms with Crippen molar-refractivity contribution in [2.75, 3.05) is 18.9 Å². The van der Waals surface area contributed by atoms with Gasteiger partial charge in [0.1, 0.15) is 0 Å². The molecule has 4 heteroatoms. The molecule has 0 bridgehead atoms. The molecule has 15 heavy (non-hydrogen) atoms. The summed E-state index contributed by atoms with van der Waals surface area (Å²) < 4.78 is 5.44. The summed E-state index contributed by atoms with van der Waals surface area (Å²) in [7, 11) is 0. The molecule has 0 unspecified atom stereocenters. The van der Waals surface area contributed by atoms with E-state index in [4.69, 9.17) is 10.5 Å². The molecule has 0 radical (unpaired) electrons. The Morgan fingerprint density at radius 2 is 2.27 bits per heavy atom. The quantitative estimate of drug-likeness (QED) is 0.760. The third kappa shape index (κ3) is 2.45. The number of aryl methyl sites for hydroxylation is 1. The number of rotatable bonds is 1. The Bertz CT molecular complexity index is 333. The number of ether oxygens (including phenoxy) is 1. The van der Waals surface area contributed by atoms with Gasteiger partial charge in [-0.25, -0.2) is 9.97 Å². The summed E-state index contributed by atoms with van der Waals surface area (Å²) in [6.07, 6.45) is 5.09. The average molecular weight is 207 g/mol. The first-order chi connectivity index (χ1) is 7.27. The van der Waals surface area contributed by atoms with Gasteiger partial charge in [0.15, 0.2) is 0 Å². The minimum Gasteiger partial charge on any atom is -0.381 e. The van der Waals surface area contributed by atoms with Gasteiger partial charge in [0.2, 0.25) is 5.95 Å². The number of nitrogen functional groups attached to an aromatic ring is 1. The van der Waals surface area contributed by atoms with Crippen LogP contribution in [-0.4, -0.2) is 23.2 Å². The molecule has 2 rings (SSSR count). The van der Waals surface area contributed by atoms with Gasteiger partial charge in [-0.3, -0.25) is 0 Å². The van der Waals surface area contributed by atoms with Crippen molar-refractivity contribution in [1.29, 1.82) is 0 Å². The normalized spacial score (nSPS) is 22.3. The van der Waals surface area contributed by atoms with Crippen LogP contribution in [0.15, 0.2) is 6.20 Å². The van der Waals surface area contributed by atoms with E-state index in [0.717, 1.165) is 43.7 Å². The fraction of sp³-hybridized carbons (Fsp3) is 0.636. The summed E-state index contributed by atoms with van der Waals surface area (Å²) >= 11 is 0. The highest BCUT2D eigenvalue weighted by molar-refractivity contribution is 5.26. The third-order valence-corrected chi connectivity index (χ3v) is 2.87. The molecule has 1 aromatic heterocycles. The topological polar surface area (TPSA) is 61.0 Å². The van der Waals surface area contributed by atoms with Gasteiger partial charge in [-0.05, 0) is 31.7 Å². The minimum absolute atomic E-state index is 0.376. The molecule has 1 saturated heterocycles. The molecular formula is C11H17N3O. The Hall–Kier alpha value is -1.16. The smallest absolute Gasteiger partial charge is 0.220 e. The first kappa shape index (κ1) is 10.4. The van der Waals surface area contributed by atoms with Crippen LogP contribution < -0.4 is 5.73 Å². The second-order valence-electron chi connectivity index (χ2n) is 4.04. The fourth-order valence-electron chi connectivity index (χ4n) is 2.06. The molecule has 1 aromatic rings. The van der Waals surface area contributed by atoms with E-state index in [2.05, 4.69) is 9.97 Å². The molecule has 0 spiro atoms. The molecule has 0 amide bonds. The van der Waals surface area contributed by atoms with Crippen molar-refractivity contribution in [3.8, 4) is 0 Å². The summed E-state index contributed by atoms with van der Waals surface area (Å²) in [5.74, 6) is 0.860. The van der Waals surface area contributed by atoms with Crippen LogP contribution in [0.5, 0.6) is 0 Å². The molecule has 2 N–H and O–H groups in total. The molecule has 82 valence electrons. The van der Waals surface area contributed by atoms with Crippen molar-refractivity contribution in [2.45, 2.75) is 32.1 Å². The van der Waals surface area contributed by atoms with Crippen LogP contribution in [0.2, 0.25) is 0 Å². The predicted octanol–water partition coefficient (Wildman–Crippen LogP) is 1.65. The van der Waals surface area contributed by atoms with Crippen LogP contribution in [-0.2, 0) is 4.74 Å². The van der Waals surface area contributed by atoms with Crippen LogP contribution in [0.3, 0.4) is 0 Å². The van der Waals surface area contributed by atoms with Crippen LogP contribution in [0.1, 0.15) is 36.4 Å². The zero-order valence-corrected chi connectivity index (χ0v) is 9.07. The zero-order valence-electron chi connectivity index (χ0n) is 9.07. The molecule has 1 fully saturated rings. The van der Waals surface area contributed by atoms with Crippen molar-refractivity contribution in [3.05, 3.63) is 17.5 Å². The Morgan fingerprint density at radius 1 is 1.40 bits per heavy atom. The second-order valence-corrected chi connectivity index (χ2v) is 4.04. The van der Waals surface area contributed by atoms with Crippen molar-refractivity contribution >= 4 is 5.95 Å². The van der Waals surface area contributed by atoms with E-state index in [-0.39, 0.29) is 0 Å². The van der Waals surface area contributed by atoms with E-state index >= 15 is 0 Å². The lowest BCUT2D eigenvalue weighted by Crippen LogP contribution is -2.08. The lowest BCUT2D eigenvalue weighted by Gasteiger charge is -2.15. The Balaban J connectivity index is 2.22. The third-order valence-electron chi connectivity index (χ3n) is 2.87. The number of hydrogen-bond acceptors (Lipinski definition) is 4. The highest BCUT2D eigenvalue weighted by atomic mass is 16.5. The lowest BCUT2D eigenvalue weighted by molar-refractivity contribution is 0.143. The summed E-state index contributed by atoms with van der Waals surface area (Å²) in [4.78, 5) is 8.34. The molecule has 4 nitrogen and oxygen atoms in total. The van der Waals surface area contributed by atoms with Gasteiger partial charge in [-0.15, -0.1) is 0 Å². The van der Waals surface area contributed by atoms with E-state index in [9.17, 15) is 0 Å². The van der Waals surface area contributed by atoms with Gasteiger partial charge >= 0.3 is 0 Å². The average Bonchev–Trinajstić information content (AvgIpc) is 2.50. The van der Waals surface area contributed by atoms with Crippen LogP contribution in [0, 0.1) is 6.92 Å². The van der Waals surface area contributed by atoms with Gasteiger partial charge in [-0.2, -0.15) is 0 Å². The monoisotopic (exact) mass is 207 g/mol. The first-order valence-corrected chi connectivity index (χ1v) is 5.44. The van der Waals surface area contributed by atoms with E-state index in [0.29, 0.717) is 11.9 Å². The highest BCUT2D eigenvalue weighted by Crippen LogP contribution is 2.27. The standard InChI is InChI=1S/C11H17N3O/c1-8-7-13-11(12)14-10(8)9-3-2-5-15-6-4-9/h7,9H,2-6H2,1H3,(H2,12,13,14)/t9-/m1/s1. The highest BCUT2D eigenvalue weighted by Gasteiger charge is 2.18. The van der Waals surface area contributed by atoms with Gasteiger partial charge in [0.25, 0.3) is 0 Å². The molecule has 2 heterocycles. The number of anilines is 1. The maximum absolute atomic E-state index is 5.62. The first-order valence-electron chi connectivity index (χ1n) is 5.44. The van der Waals surface area contributed by atoms with Crippen LogP contribution in [0.4, 0.5) is 5.95 Å². The van der Waals surface area contributed by atoms with Crippen LogP contribution >= 0.6 is 0 Å². The number of nitrogens with two attached hydrogens (primary N) is 1. The van der Waals surface area contributed by atoms with Crippen molar-refractivity contribution in [3.63, 3.8) is 0 Å². The van der Waals surface area contributed by atoms with Crippen LogP contribution in [0.25, 0.3) is 0 Å². The largest absolute Gasteiger partial charge is 0.381 e. The van der Waals surface area contributed by atoms with Crippen molar-refractivity contribution in [1.82, 2.24) is 9.97 Å². The molecular weight excluding hydrogens is 190 g/mol. The van der Waals surface area contributed by atoms with Gasteiger partial charge in [0.05, 0.1) is 5.69 Å². The molecule has 0 aliphatic carbocycles. The molecule has 1 atom stereocenters. The summed E-state index contributed by atoms with van der Waals surface area (Å²) in [5.41, 5.74) is 7.86. The van der Waals surface area contributed by atoms with E-state index in [1.54, 1.807) is 0 Å². The second kappa shape index (κ2) is 4.57. The lowest BCUT2D eigenvalue weighted by atomic mass is 9.94.